The number of aryl methyl sites for hydroxylation is 1. The van der Waals surface area contributed by atoms with Gasteiger partial charge in [0.15, 0.2) is 5.82 Å². The van der Waals surface area contributed by atoms with E-state index in [0.29, 0.717) is 17.8 Å². The molecular formula is C10H13N5OS. The van der Waals surface area contributed by atoms with E-state index in [9.17, 15) is 4.79 Å². The van der Waals surface area contributed by atoms with Crippen molar-refractivity contribution in [3.8, 4) is 0 Å². The number of amides is 1. The molecule has 0 aliphatic carbocycles. The predicted octanol–water partition coefficient (Wildman–Crippen LogP) is 1.03. The van der Waals surface area contributed by atoms with Crippen LogP contribution in [0.25, 0.3) is 0 Å². The van der Waals surface area contributed by atoms with E-state index in [1.54, 1.807) is 24.4 Å². The van der Waals surface area contributed by atoms with Gasteiger partial charge in [0.2, 0.25) is 0 Å². The maximum absolute atomic E-state index is 12.1. The summed E-state index contributed by atoms with van der Waals surface area (Å²) in [4.78, 5) is 17.8. The van der Waals surface area contributed by atoms with Crippen LogP contribution in [0, 0.1) is 6.92 Å². The van der Waals surface area contributed by atoms with Gasteiger partial charge in [-0.15, -0.1) is 11.3 Å². The molecule has 7 heteroatoms. The number of anilines is 1. The van der Waals surface area contributed by atoms with Gasteiger partial charge in [-0.25, -0.2) is 4.98 Å². The third kappa shape index (κ3) is 2.28. The second kappa shape index (κ2) is 4.54. The number of hydrogen-bond donors (Lipinski definition) is 2. The smallest absolute Gasteiger partial charge is 0.259 e. The van der Waals surface area contributed by atoms with Crippen LogP contribution in [-0.2, 0) is 6.54 Å². The standard InChI is InChI=1S/C10H13N5OS/c1-6-8(9(11)14-13-6)10(16)15(2)3-7-4-17-5-12-7/h4-5H,3H2,1-2H3,(H3,11,13,14). The first kappa shape index (κ1) is 11.6. The minimum Gasteiger partial charge on any atom is -0.382 e. The Morgan fingerprint density at radius 3 is 2.94 bits per heavy atom. The van der Waals surface area contributed by atoms with Gasteiger partial charge in [-0.2, -0.15) is 5.10 Å². The second-order valence-corrected chi connectivity index (χ2v) is 4.47. The van der Waals surface area contributed by atoms with Crippen molar-refractivity contribution in [1.82, 2.24) is 20.1 Å². The molecule has 0 aromatic carbocycles. The number of aromatic amines is 1. The first-order chi connectivity index (χ1) is 8.09. The molecule has 3 N–H and O–H groups in total. The van der Waals surface area contributed by atoms with Crippen molar-refractivity contribution in [2.45, 2.75) is 13.5 Å². The van der Waals surface area contributed by atoms with Gasteiger partial charge in [-0.05, 0) is 6.92 Å². The maximum atomic E-state index is 12.1. The van der Waals surface area contributed by atoms with Crippen LogP contribution in [-0.4, -0.2) is 33.0 Å². The number of nitrogens with two attached hydrogens (primary N) is 1. The normalized spacial score (nSPS) is 10.5. The third-order valence-electron chi connectivity index (χ3n) is 2.42. The van der Waals surface area contributed by atoms with Crippen molar-refractivity contribution in [3.05, 3.63) is 27.8 Å². The second-order valence-electron chi connectivity index (χ2n) is 3.75. The van der Waals surface area contributed by atoms with Gasteiger partial charge >= 0.3 is 0 Å². The molecule has 0 fully saturated rings. The van der Waals surface area contributed by atoms with Gasteiger partial charge in [0.05, 0.1) is 17.7 Å². The zero-order valence-corrected chi connectivity index (χ0v) is 10.4. The van der Waals surface area contributed by atoms with Gasteiger partial charge in [0.25, 0.3) is 5.91 Å². The molecule has 0 saturated carbocycles. The van der Waals surface area contributed by atoms with Crippen molar-refractivity contribution >= 4 is 23.1 Å². The van der Waals surface area contributed by atoms with E-state index >= 15 is 0 Å². The van der Waals surface area contributed by atoms with Gasteiger partial charge in [0.1, 0.15) is 5.56 Å². The van der Waals surface area contributed by atoms with Gasteiger partial charge in [-0.1, -0.05) is 0 Å². The van der Waals surface area contributed by atoms with Crippen LogP contribution in [0.4, 0.5) is 5.82 Å². The van der Waals surface area contributed by atoms with E-state index in [1.165, 1.54) is 11.3 Å². The molecule has 0 unspecified atom stereocenters. The minimum absolute atomic E-state index is 0.151. The molecule has 17 heavy (non-hydrogen) atoms. The summed E-state index contributed by atoms with van der Waals surface area (Å²) in [5.41, 5.74) is 9.37. The van der Waals surface area contributed by atoms with Crippen LogP contribution in [0.5, 0.6) is 0 Å². The first-order valence-corrected chi connectivity index (χ1v) is 5.97. The molecule has 2 heterocycles. The molecule has 0 aliphatic heterocycles. The van der Waals surface area contributed by atoms with Gasteiger partial charge in [0, 0.05) is 18.1 Å². The summed E-state index contributed by atoms with van der Waals surface area (Å²) in [6.45, 7) is 2.24. The summed E-state index contributed by atoms with van der Waals surface area (Å²) < 4.78 is 0. The molecule has 0 spiro atoms. The summed E-state index contributed by atoms with van der Waals surface area (Å²) >= 11 is 1.50. The van der Waals surface area contributed by atoms with Crippen molar-refractivity contribution in [2.24, 2.45) is 0 Å². The highest BCUT2D eigenvalue weighted by Crippen LogP contribution is 2.15. The number of nitrogen functional groups attached to an aromatic ring is 1. The number of hydrogen-bond acceptors (Lipinski definition) is 5. The summed E-state index contributed by atoms with van der Waals surface area (Å²) in [5.74, 6) is 0.0828. The third-order valence-corrected chi connectivity index (χ3v) is 3.05. The SMILES string of the molecule is Cc1[nH]nc(N)c1C(=O)N(C)Cc1cscn1. The highest BCUT2D eigenvalue weighted by molar-refractivity contribution is 7.07. The summed E-state index contributed by atoms with van der Waals surface area (Å²) in [6, 6.07) is 0. The molecule has 1 amide bonds. The highest BCUT2D eigenvalue weighted by Gasteiger charge is 2.20. The average molecular weight is 251 g/mol. The van der Waals surface area contributed by atoms with Crippen LogP contribution >= 0.6 is 11.3 Å². The first-order valence-electron chi connectivity index (χ1n) is 5.02. The highest BCUT2D eigenvalue weighted by atomic mass is 32.1. The number of rotatable bonds is 3. The zero-order chi connectivity index (χ0) is 12.4. The van der Waals surface area contributed by atoms with Crippen LogP contribution in [0.1, 0.15) is 21.7 Å². The summed E-state index contributed by atoms with van der Waals surface area (Å²) in [7, 11) is 1.72. The van der Waals surface area contributed by atoms with Crippen LogP contribution < -0.4 is 5.73 Å². The topological polar surface area (TPSA) is 87.9 Å². The number of nitrogens with zero attached hydrogens (tertiary/aromatic N) is 3. The van der Waals surface area contributed by atoms with Crippen LogP contribution in [0.3, 0.4) is 0 Å². The molecular weight excluding hydrogens is 238 g/mol. The summed E-state index contributed by atoms with van der Waals surface area (Å²) in [6.07, 6.45) is 0. The fourth-order valence-corrected chi connectivity index (χ4v) is 2.09. The van der Waals surface area contributed by atoms with E-state index in [-0.39, 0.29) is 11.7 Å². The van der Waals surface area contributed by atoms with E-state index in [4.69, 9.17) is 5.73 Å². The lowest BCUT2D eigenvalue weighted by molar-refractivity contribution is 0.0784. The molecule has 6 nitrogen and oxygen atoms in total. The molecule has 2 aromatic heterocycles. The van der Waals surface area contributed by atoms with Crippen molar-refractivity contribution in [3.63, 3.8) is 0 Å². The Labute approximate surface area is 102 Å². The Hall–Kier alpha value is -1.89. The van der Waals surface area contributed by atoms with Crippen molar-refractivity contribution < 1.29 is 4.79 Å². The summed E-state index contributed by atoms with van der Waals surface area (Å²) in [5, 5.41) is 8.42. The number of nitrogens with one attached hydrogen (secondary N) is 1. The molecule has 2 aromatic rings. The monoisotopic (exact) mass is 251 g/mol. The fourth-order valence-electron chi connectivity index (χ4n) is 1.54. The molecule has 0 bridgehead atoms. The molecule has 0 atom stereocenters. The quantitative estimate of drug-likeness (QED) is 0.852. The Morgan fingerprint density at radius 2 is 2.41 bits per heavy atom. The Morgan fingerprint density at radius 1 is 1.65 bits per heavy atom. The minimum atomic E-state index is -0.151. The van der Waals surface area contributed by atoms with E-state index in [2.05, 4.69) is 15.2 Å². The molecule has 0 saturated heterocycles. The van der Waals surface area contributed by atoms with E-state index in [1.807, 2.05) is 5.38 Å². The molecule has 2 rings (SSSR count). The van der Waals surface area contributed by atoms with Crippen LogP contribution in [0.2, 0.25) is 0 Å². The molecule has 0 radical (unpaired) electrons. The largest absolute Gasteiger partial charge is 0.382 e. The van der Waals surface area contributed by atoms with E-state index in [0.717, 1.165) is 5.69 Å². The van der Waals surface area contributed by atoms with E-state index < -0.39 is 0 Å². The number of thiazole rings is 1. The van der Waals surface area contributed by atoms with Crippen molar-refractivity contribution in [1.29, 1.82) is 0 Å². The Bertz CT molecular complexity index is 499. The number of H-pyrrole nitrogens is 1. The Kier molecular flexibility index (Phi) is 3.10. The fraction of sp³-hybridized carbons (Fsp3) is 0.300. The van der Waals surface area contributed by atoms with Gasteiger partial charge < -0.3 is 10.6 Å². The lowest BCUT2D eigenvalue weighted by Crippen LogP contribution is -2.27. The van der Waals surface area contributed by atoms with Crippen molar-refractivity contribution in [2.75, 3.05) is 12.8 Å². The lowest BCUT2D eigenvalue weighted by Gasteiger charge is -2.15. The van der Waals surface area contributed by atoms with Crippen LogP contribution in [0.15, 0.2) is 10.9 Å². The van der Waals surface area contributed by atoms with Gasteiger partial charge in [-0.3, -0.25) is 9.89 Å². The number of carbonyl (C=O) groups is 1. The number of carbonyl (C=O) groups excluding carboxylic acids is 1. The molecule has 90 valence electrons. The average Bonchev–Trinajstić information content (AvgIpc) is 2.89. The molecule has 0 aliphatic rings. The Balaban J connectivity index is 2.15. The lowest BCUT2D eigenvalue weighted by atomic mass is 10.2. The maximum Gasteiger partial charge on any atom is 0.259 e. The zero-order valence-electron chi connectivity index (χ0n) is 9.60. The number of aromatic nitrogens is 3. The predicted molar refractivity (Wildman–Crippen MR) is 65.6 cm³/mol.